The number of hydrogen-bond acceptors (Lipinski definition) is 3. The molecule has 0 aromatic rings. The highest BCUT2D eigenvalue weighted by atomic mass is 16.6. The molecule has 0 aromatic carbocycles. The van der Waals surface area contributed by atoms with Crippen molar-refractivity contribution in [3.63, 3.8) is 0 Å². The van der Waals surface area contributed by atoms with E-state index >= 15 is 0 Å². The highest BCUT2D eigenvalue weighted by Gasteiger charge is 2.25. The van der Waals surface area contributed by atoms with Crippen LogP contribution in [-0.2, 0) is 14.3 Å². The average molecular weight is 427 g/mol. The van der Waals surface area contributed by atoms with Gasteiger partial charge in [0.15, 0.2) is 0 Å². The average Bonchev–Trinajstić information content (AvgIpc) is 3.15. The zero-order valence-corrected chi connectivity index (χ0v) is 20.8. The highest BCUT2D eigenvalue weighted by Crippen LogP contribution is 2.24. The van der Waals surface area contributed by atoms with E-state index in [0.717, 1.165) is 36.7 Å². The Kier molecular flexibility index (Phi) is 15.5. The van der Waals surface area contributed by atoms with E-state index in [-0.39, 0.29) is 12.1 Å². The Morgan fingerprint density at radius 3 is 1.97 bits per heavy atom. The van der Waals surface area contributed by atoms with Crippen LogP contribution in [0.25, 0.3) is 0 Å². The second kappa shape index (κ2) is 17.0. The molecule has 2 atom stereocenters. The SMILES string of the molecule is CCCCCCCCCCCCCC1CCC(COC(=O)CCCC[N+](C)(C)C)O1. The molecule has 4 nitrogen and oxygen atoms in total. The monoisotopic (exact) mass is 426 g/mol. The first-order chi connectivity index (χ1) is 14.4. The van der Waals surface area contributed by atoms with Gasteiger partial charge in [-0.1, -0.05) is 77.6 Å². The van der Waals surface area contributed by atoms with Crippen molar-refractivity contribution in [3.05, 3.63) is 0 Å². The van der Waals surface area contributed by atoms with E-state index in [0.29, 0.717) is 19.1 Å². The van der Waals surface area contributed by atoms with Crippen molar-refractivity contribution in [1.29, 1.82) is 0 Å². The Morgan fingerprint density at radius 2 is 1.37 bits per heavy atom. The summed E-state index contributed by atoms with van der Waals surface area (Å²) in [6.45, 7) is 3.82. The molecule has 4 heteroatoms. The molecule has 1 saturated heterocycles. The van der Waals surface area contributed by atoms with Crippen molar-refractivity contribution < 1.29 is 18.8 Å². The second-order valence-corrected chi connectivity index (χ2v) is 10.4. The third-order valence-corrected chi connectivity index (χ3v) is 6.22. The summed E-state index contributed by atoms with van der Waals surface area (Å²) in [6, 6.07) is 0. The van der Waals surface area contributed by atoms with Crippen molar-refractivity contribution in [2.24, 2.45) is 0 Å². The molecule has 2 unspecified atom stereocenters. The molecule has 30 heavy (non-hydrogen) atoms. The van der Waals surface area contributed by atoms with Crippen molar-refractivity contribution >= 4 is 5.97 Å². The van der Waals surface area contributed by atoms with Gasteiger partial charge in [-0.05, 0) is 32.1 Å². The summed E-state index contributed by atoms with van der Waals surface area (Å²) in [5.74, 6) is -0.0613. The number of quaternary nitrogens is 1. The van der Waals surface area contributed by atoms with E-state index in [1.54, 1.807) is 0 Å². The smallest absolute Gasteiger partial charge is 0.305 e. The summed E-state index contributed by atoms with van der Waals surface area (Å²) in [7, 11) is 6.55. The molecule has 1 fully saturated rings. The van der Waals surface area contributed by atoms with Crippen LogP contribution in [0.2, 0.25) is 0 Å². The van der Waals surface area contributed by atoms with Crippen molar-refractivity contribution in [2.45, 2.75) is 128 Å². The maximum absolute atomic E-state index is 11.9. The first-order valence-electron chi connectivity index (χ1n) is 13.0. The van der Waals surface area contributed by atoms with Crippen molar-refractivity contribution in [1.82, 2.24) is 0 Å². The summed E-state index contributed by atoms with van der Waals surface area (Å²) in [5, 5.41) is 0. The first-order valence-corrected chi connectivity index (χ1v) is 13.0. The topological polar surface area (TPSA) is 35.5 Å². The van der Waals surface area contributed by atoms with E-state index in [1.165, 1.54) is 77.0 Å². The Morgan fingerprint density at radius 1 is 0.800 bits per heavy atom. The molecular weight excluding hydrogens is 374 g/mol. The number of rotatable bonds is 19. The first kappa shape index (κ1) is 27.4. The predicted octanol–water partition coefficient (Wildman–Crippen LogP) is 6.65. The maximum Gasteiger partial charge on any atom is 0.305 e. The summed E-state index contributed by atoms with van der Waals surface area (Å²) >= 11 is 0. The minimum atomic E-state index is -0.0613. The van der Waals surface area contributed by atoms with Gasteiger partial charge in [0.25, 0.3) is 0 Å². The Bertz CT molecular complexity index is 419. The molecule has 0 spiro atoms. The number of carbonyl (C=O) groups excluding carboxylic acids is 1. The lowest BCUT2D eigenvalue weighted by molar-refractivity contribution is -0.870. The molecule has 0 aromatic heterocycles. The van der Waals surface area contributed by atoms with Crippen LogP contribution in [-0.4, -0.2) is 57.0 Å². The van der Waals surface area contributed by atoms with Crippen LogP contribution in [0.3, 0.4) is 0 Å². The van der Waals surface area contributed by atoms with Crippen LogP contribution in [0.5, 0.6) is 0 Å². The van der Waals surface area contributed by atoms with Crippen LogP contribution in [0.15, 0.2) is 0 Å². The zero-order chi connectivity index (χ0) is 22.1. The molecule has 0 N–H and O–H groups in total. The lowest BCUT2D eigenvalue weighted by Crippen LogP contribution is -2.35. The van der Waals surface area contributed by atoms with Gasteiger partial charge in [0, 0.05) is 6.42 Å². The molecule has 0 radical (unpaired) electrons. The van der Waals surface area contributed by atoms with Gasteiger partial charge in [-0.15, -0.1) is 0 Å². The van der Waals surface area contributed by atoms with E-state index in [9.17, 15) is 4.79 Å². The summed E-state index contributed by atoms with van der Waals surface area (Å²) < 4.78 is 12.5. The van der Waals surface area contributed by atoms with Crippen LogP contribution in [0.1, 0.15) is 116 Å². The number of nitrogens with zero attached hydrogens (tertiary/aromatic N) is 1. The Balaban J connectivity index is 1.90. The van der Waals surface area contributed by atoms with Crippen LogP contribution in [0.4, 0.5) is 0 Å². The lowest BCUT2D eigenvalue weighted by atomic mass is 10.0. The van der Waals surface area contributed by atoms with Gasteiger partial charge in [-0.25, -0.2) is 0 Å². The van der Waals surface area contributed by atoms with E-state index in [2.05, 4.69) is 28.1 Å². The fraction of sp³-hybridized carbons (Fsp3) is 0.962. The molecule has 1 heterocycles. The maximum atomic E-state index is 11.9. The summed E-state index contributed by atoms with van der Waals surface area (Å²) in [6.07, 6.45) is 21.6. The van der Waals surface area contributed by atoms with Gasteiger partial charge in [0.1, 0.15) is 6.61 Å². The minimum absolute atomic E-state index is 0.0613. The van der Waals surface area contributed by atoms with Gasteiger partial charge in [0.2, 0.25) is 0 Å². The number of unbranched alkanes of at least 4 members (excludes halogenated alkanes) is 11. The van der Waals surface area contributed by atoms with Crippen LogP contribution >= 0.6 is 0 Å². The van der Waals surface area contributed by atoms with Crippen molar-refractivity contribution in [2.75, 3.05) is 34.3 Å². The molecule has 178 valence electrons. The molecule has 0 amide bonds. The number of esters is 1. The predicted molar refractivity (Wildman–Crippen MR) is 127 cm³/mol. The molecule has 0 saturated carbocycles. The molecular formula is C26H52NO3+. The summed E-state index contributed by atoms with van der Waals surface area (Å²) in [4.78, 5) is 11.9. The minimum Gasteiger partial charge on any atom is -0.463 e. The van der Waals surface area contributed by atoms with Crippen molar-refractivity contribution in [3.8, 4) is 0 Å². The van der Waals surface area contributed by atoms with E-state index in [1.807, 2.05) is 0 Å². The number of ether oxygens (including phenoxy) is 2. The number of carbonyl (C=O) groups is 1. The fourth-order valence-electron chi connectivity index (χ4n) is 4.26. The molecule has 0 aliphatic carbocycles. The van der Waals surface area contributed by atoms with Gasteiger partial charge >= 0.3 is 5.97 Å². The van der Waals surface area contributed by atoms with Gasteiger partial charge in [0.05, 0.1) is 39.9 Å². The lowest BCUT2D eigenvalue weighted by Gasteiger charge is -2.23. The fourth-order valence-corrected chi connectivity index (χ4v) is 4.26. The second-order valence-electron chi connectivity index (χ2n) is 10.4. The van der Waals surface area contributed by atoms with Gasteiger partial charge < -0.3 is 14.0 Å². The zero-order valence-electron chi connectivity index (χ0n) is 20.8. The normalized spacial score (nSPS) is 19.3. The Labute approximate surface area is 187 Å². The van der Waals surface area contributed by atoms with E-state index in [4.69, 9.17) is 9.47 Å². The van der Waals surface area contributed by atoms with Crippen LogP contribution in [0, 0.1) is 0 Å². The Hall–Kier alpha value is -0.610. The van der Waals surface area contributed by atoms with Gasteiger partial charge in [-0.2, -0.15) is 0 Å². The molecule has 1 aliphatic heterocycles. The summed E-state index contributed by atoms with van der Waals surface area (Å²) in [5.41, 5.74) is 0. The third kappa shape index (κ3) is 16.1. The number of hydrogen-bond donors (Lipinski definition) is 0. The standard InChI is InChI=1S/C26H52NO3/c1-5-6-7-8-9-10-11-12-13-14-15-18-24-20-21-25(30-24)23-29-26(28)19-16-17-22-27(2,3)4/h24-25H,5-23H2,1-4H3/q+1. The molecule has 1 aliphatic rings. The largest absolute Gasteiger partial charge is 0.463 e. The molecule has 0 bridgehead atoms. The third-order valence-electron chi connectivity index (χ3n) is 6.22. The van der Waals surface area contributed by atoms with Gasteiger partial charge in [-0.3, -0.25) is 4.79 Å². The quantitative estimate of drug-likeness (QED) is 0.132. The van der Waals surface area contributed by atoms with E-state index < -0.39 is 0 Å². The highest BCUT2D eigenvalue weighted by molar-refractivity contribution is 5.69. The molecule has 1 rings (SSSR count). The van der Waals surface area contributed by atoms with Crippen LogP contribution < -0.4 is 0 Å².